The number of benzene rings is 2. The first-order valence-corrected chi connectivity index (χ1v) is 9.07. The molecule has 1 aromatic heterocycles. The van der Waals surface area contributed by atoms with E-state index in [-0.39, 0.29) is 5.56 Å². The van der Waals surface area contributed by atoms with Crippen LogP contribution in [0, 0.1) is 3.57 Å². The molecule has 0 spiro atoms. The highest BCUT2D eigenvalue weighted by atomic mass is 127. The Bertz CT molecular complexity index is 1020. The molecule has 2 aromatic carbocycles. The Kier molecular flexibility index (Phi) is 5.27. The van der Waals surface area contributed by atoms with Gasteiger partial charge in [-0.15, -0.1) is 0 Å². The fraction of sp³-hybridized carbons (Fsp3) is 0.0556. The number of halogens is 3. The summed E-state index contributed by atoms with van der Waals surface area (Å²) in [6.45, 7) is 0. The molecule has 0 saturated heterocycles. The molecule has 3 rings (SSSR count). The molecule has 0 atom stereocenters. The van der Waals surface area contributed by atoms with E-state index in [9.17, 15) is 4.79 Å². The lowest BCUT2D eigenvalue weighted by atomic mass is 10.1. The van der Waals surface area contributed by atoms with Gasteiger partial charge in [-0.25, -0.2) is 0 Å². The van der Waals surface area contributed by atoms with Gasteiger partial charge in [-0.3, -0.25) is 4.79 Å². The van der Waals surface area contributed by atoms with Crippen molar-refractivity contribution in [3.63, 3.8) is 0 Å². The summed E-state index contributed by atoms with van der Waals surface area (Å²) in [6.07, 6.45) is 1.66. The van der Waals surface area contributed by atoms with Crippen LogP contribution in [0.25, 0.3) is 11.1 Å². The molecule has 3 aromatic rings. The summed E-state index contributed by atoms with van der Waals surface area (Å²) in [5.74, 6) is 1.19. The number of nitrogens with zero attached hydrogens (tertiary/aromatic N) is 1. The molecule has 0 aliphatic carbocycles. The zero-order valence-electron chi connectivity index (χ0n) is 13.1. The molecule has 25 heavy (non-hydrogen) atoms. The van der Waals surface area contributed by atoms with Crippen molar-refractivity contribution in [3.05, 3.63) is 72.6 Å². The van der Waals surface area contributed by atoms with Crippen molar-refractivity contribution < 1.29 is 4.74 Å². The third-order valence-corrected chi connectivity index (χ3v) is 5.02. The van der Waals surface area contributed by atoms with Crippen molar-refractivity contribution in [1.82, 2.24) is 4.57 Å². The molecule has 0 aliphatic heterocycles. The van der Waals surface area contributed by atoms with Crippen molar-refractivity contribution in [2.24, 2.45) is 7.05 Å². The van der Waals surface area contributed by atoms with E-state index in [1.807, 2.05) is 6.07 Å². The number of nitrogens with two attached hydrogens (primary N) is 1. The fourth-order valence-electron chi connectivity index (χ4n) is 2.33. The smallest absolute Gasteiger partial charge is 0.251 e. The van der Waals surface area contributed by atoms with Crippen molar-refractivity contribution in [2.75, 3.05) is 5.73 Å². The zero-order chi connectivity index (χ0) is 18.1. The maximum absolute atomic E-state index is 11.8. The summed E-state index contributed by atoms with van der Waals surface area (Å²) in [5, 5.41) is 0.909. The van der Waals surface area contributed by atoms with E-state index in [0.717, 1.165) is 3.57 Å². The third kappa shape index (κ3) is 3.94. The highest BCUT2D eigenvalue weighted by Gasteiger charge is 2.14. The molecule has 0 radical (unpaired) electrons. The minimum Gasteiger partial charge on any atom is -0.456 e. The van der Waals surface area contributed by atoms with Gasteiger partial charge in [0, 0.05) is 47.2 Å². The zero-order valence-corrected chi connectivity index (χ0v) is 16.8. The van der Waals surface area contributed by atoms with Crippen molar-refractivity contribution in [3.8, 4) is 22.6 Å². The van der Waals surface area contributed by atoms with Crippen LogP contribution >= 0.6 is 45.8 Å². The molecule has 0 unspecified atom stereocenters. The van der Waals surface area contributed by atoms with Crippen LogP contribution in [0.3, 0.4) is 0 Å². The van der Waals surface area contributed by atoms with Gasteiger partial charge in [0.25, 0.3) is 5.56 Å². The van der Waals surface area contributed by atoms with Crippen molar-refractivity contribution in [1.29, 1.82) is 0 Å². The van der Waals surface area contributed by atoms with E-state index in [4.69, 9.17) is 33.7 Å². The maximum atomic E-state index is 11.8. The molecule has 0 aliphatic rings. The van der Waals surface area contributed by atoms with Crippen LogP contribution in [0.15, 0.2) is 53.5 Å². The molecule has 128 valence electrons. The number of aryl methyl sites for hydroxylation is 1. The average Bonchev–Trinajstić information content (AvgIpc) is 2.56. The molecule has 2 N–H and O–H groups in total. The molecule has 4 nitrogen and oxygen atoms in total. The molecule has 0 fully saturated rings. The Labute approximate surface area is 168 Å². The average molecular weight is 487 g/mol. The molecule has 1 heterocycles. The Balaban J connectivity index is 2.15. The van der Waals surface area contributed by atoms with E-state index >= 15 is 0 Å². The fourth-order valence-corrected chi connectivity index (χ4v) is 3.18. The summed E-state index contributed by atoms with van der Waals surface area (Å²) in [4.78, 5) is 11.8. The van der Waals surface area contributed by atoms with Crippen LogP contribution in [-0.2, 0) is 7.05 Å². The minimum atomic E-state index is -0.190. The first-order chi connectivity index (χ1) is 11.8. The summed E-state index contributed by atoms with van der Waals surface area (Å²) >= 11 is 14.5. The van der Waals surface area contributed by atoms with Gasteiger partial charge in [0.05, 0.1) is 8.59 Å². The quantitative estimate of drug-likeness (QED) is 0.401. The summed E-state index contributed by atoms with van der Waals surface area (Å²) in [5.41, 5.74) is 7.66. The first kappa shape index (κ1) is 18.1. The Morgan fingerprint density at radius 3 is 2.56 bits per heavy atom. The number of rotatable bonds is 3. The lowest BCUT2D eigenvalue weighted by molar-refractivity contribution is 0.481. The second kappa shape index (κ2) is 7.27. The predicted molar refractivity (Wildman–Crippen MR) is 111 cm³/mol. The second-order valence-corrected chi connectivity index (χ2v) is 7.42. The van der Waals surface area contributed by atoms with Gasteiger partial charge in [-0.05, 0) is 52.9 Å². The van der Waals surface area contributed by atoms with Crippen molar-refractivity contribution in [2.45, 2.75) is 0 Å². The van der Waals surface area contributed by atoms with Gasteiger partial charge in [0.15, 0.2) is 0 Å². The van der Waals surface area contributed by atoms with Gasteiger partial charge in [0.2, 0.25) is 0 Å². The third-order valence-electron chi connectivity index (χ3n) is 3.58. The second-order valence-electron chi connectivity index (χ2n) is 5.42. The van der Waals surface area contributed by atoms with Crippen LogP contribution in [-0.4, -0.2) is 4.57 Å². The Morgan fingerprint density at radius 1 is 1.04 bits per heavy atom. The van der Waals surface area contributed by atoms with Crippen LogP contribution in [0.5, 0.6) is 11.5 Å². The lowest BCUT2D eigenvalue weighted by Crippen LogP contribution is -2.14. The van der Waals surface area contributed by atoms with Gasteiger partial charge in [-0.1, -0.05) is 23.2 Å². The molecular weight excluding hydrogens is 474 g/mol. The van der Waals surface area contributed by atoms with Gasteiger partial charge in [0.1, 0.15) is 11.5 Å². The highest BCUT2D eigenvalue weighted by Crippen LogP contribution is 2.39. The van der Waals surface area contributed by atoms with Crippen LogP contribution in [0.2, 0.25) is 10.0 Å². The number of anilines is 1. The van der Waals surface area contributed by atoms with E-state index in [0.29, 0.717) is 38.4 Å². The Hall–Kier alpha value is -1.70. The number of hydrogen-bond donors (Lipinski definition) is 1. The number of pyridine rings is 1. The Morgan fingerprint density at radius 2 is 1.80 bits per heavy atom. The van der Waals surface area contributed by atoms with E-state index in [1.165, 1.54) is 10.6 Å². The monoisotopic (exact) mass is 486 g/mol. The lowest BCUT2D eigenvalue weighted by Gasteiger charge is -2.15. The number of nitrogen functional groups attached to an aromatic ring is 1. The minimum absolute atomic E-state index is 0.190. The highest BCUT2D eigenvalue weighted by molar-refractivity contribution is 14.1. The molecule has 7 heteroatoms. The van der Waals surface area contributed by atoms with E-state index in [1.54, 1.807) is 43.6 Å². The van der Waals surface area contributed by atoms with E-state index in [2.05, 4.69) is 22.6 Å². The van der Waals surface area contributed by atoms with Crippen molar-refractivity contribution >= 4 is 51.5 Å². The number of aromatic nitrogens is 1. The first-order valence-electron chi connectivity index (χ1n) is 7.24. The topological polar surface area (TPSA) is 57.2 Å². The van der Waals surface area contributed by atoms with Crippen LogP contribution < -0.4 is 16.0 Å². The summed E-state index contributed by atoms with van der Waals surface area (Å²) in [7, 11) is 1.66. The SMILES string of the molecule is Cn1cc(-c2cc(N)ccc2Oc2cc(Cl)ccc2I)c(Cl)cc1=O. The predicted octanol–water partition coefficient (Wildman–Crippen LogP) is 5.34. The molecule has 0 bridgehead atoms. The number of hydrogen-bond acceptors (Lipinski definition) is 3. The van der Waals surface area contributed by atoms with Gasteiger partial charge >= 0.3 is 0 Å². The maximum Gasteiger partial charge on any atom is 0.251 e. The number of ether oxygens (including phenoxy) is 1. The summed E-state index contributed by atoms with van der Waals surface area (Å²) in [6, 6.07) is 12.0. The van der Waals surface area contributed by atoms with E-state index < -0.39 is 0 Å². The van der Waals surface area contributed by atoms with Crippen LogP contribution in [0.1, 0.15) is 0 Å². The summed E-state index contributed by atoms with van der Waals surface area (Å²) < 4.78 is 8.43. The van der Waals surface area contributed by atoms with Crippen LogP contribution in [0.4, 0.5) is 5.69 Å². The molecule has 0 saturated carbocycles. The largest absolute Gasteiger partial charge is 0.456 e. The van der Waals surface area contributed by atoms with Gasteiger partial charge in [-0.2, -0.15) is 0 Å². The van der Waals surface area contributed by atoms with Gasteiger partial charge < -0.3 is 15.0 Å². The molecule has 0 amide bonds. The molecular formula is C18H13Cl2IN2O2. The standard InChI is InChI=1S/C18H13Cl2IN2O2/c1-23-9-13(14(20)8-18(23)24)12-7-11(22)3-5-16(12)25-17-6-10(19)2-4-15(17)21/h2-9H,22H2,1H3. The normalized spacial score (nSPS) is 10.7.